The number of esters is 1. The van der Waals surface area contributed by atoms with Gasteiger partial charge in [0.25, 0.3) is 0 Å². The van der Waals surface area contributed by atoms with E-state index in [1.165, 1.54) is 7.11 Å². The van der Waals surface area contributed by atoms with Crippen LogP contribution in [-0.4, -0.2) is 56.3 Å². The maximum atomic E-state index is 13.8. The van der Waals surface area contributed by atoms with Gasteiger partial charge >= 0.3 is 5.97 Å². The molecule has 0 fully saturated rings. The average Bonchev–Trinajstić information content (AvgIpc) is 2.93. The zero-order valence-corrected chi connectivity index (χ0v) is 23.8. The van der Waals surface area contributed by atoms with E-state index in [0.717, 1.165) is 17.0 Å². The van der Waals surface area contributed by atoms with Crippen LogP contribution in [0.3, 0.4) is 0 Å². The Kier molecular flexibility index (Phi) is 9.12. The molecule has 0 spiro atoms. The minimum atomic E-state index is -0.678. The fourth-order valence-electron chi connectivity index (χ4n) is 5.29. The third kappa shape index (κ3) is 5.88. The molecule has 1 aliphatic heterocycles. The number of benzene rings is 2. The van der Waals surface area contributed by atoms with E-state index in [2.05, 4.69) is 5.32 Å². The van der Waals surface area contributed by atoms with E-state index in [9.17, 15) is 14.7 Å². The number of aromatic hydroxyl groups is 1. The zero-order valence-electron chi connectivity index (χ0n) is 23.0. The first-order valence-electron chi connectivity index (χ1n) is 12.9. The van der Waals surface area contributed by atoms with Crippen molar-refractivity contribution < 1.29 is 33.6 Å². The largest absolute Gasteiger partial charge is 0.504 e. The topological polar surface area (TPSA) is 103 Å². The van der Waals surface area contributed by atoms with Crippen LogP contribution >= 0.6 is 11.8 Å². The van der Waals surface area contributed by atoms with E-state index in [1.54, 1.807) is 44.2 Å². The number of carbonyl (C=O) groups is 2. The summed E-state index contributed by atoms with van der Waals surface area (Å²) < 4.78 is 21.7. The van der Waals surface area contributed by atoms with Gasteiger partial charge in [-0.25, -0.2) is 4.79 Å². The molecule has 1 aliphatic carbocycles. The SMILES string of the molecule is CCSCCOC(=O)C1=C(C)NC2=C(C(=O)C[C@H](c3ccc(OC)c(OC)c3)C2)[C@@H]1c1ccc(OC)c(O)c1. The van der Waals surface area contributed by atoms with Crippen LogP contribution in [0.15, 0.2) is 58.9 Å². The number of hydrogen-bond acceptors (Lipinski definition) is 9. The first-order chi connectivity index (χ1) is 18.8. The standard InChI is InChI=1S/C30H35NO7S/c1-6-39-12-11-38-30(34)27-17(2)31-21-13-20(18-7-10-25(36-4)26(16-18)37-5)15-23(33)29(21)28(27)19-8-9-24(35-3)22(32)14-19/h7-10,14,16,20,28,31-32H,6,11-13,15H2,1-5H3/t20-,28-/m1/s1. The van der Waals surface area contributed by atoms with Crippen molar-refractivity contribution in [2.75, 3.05) is 39.4 Å². The summed E-state index contributed by atoms with van der Waals surface area (Å²) in [5.41, 5.74) is 3.88. The highest BCUT2D eigenvalue weighted by Crippen LogP contribution is 2.47. The van der Waals surface area contributed by atoms with Crippen LogP contribution < -0.4 is 19.5 Å². The number of Topliss-reactive ketones (excluding diaryl/α,β-unsaturated/α-hetero) is 1. The summed E-state index contributed by atoms with van der Waals surface area (Å²) in [6.07, 6.45) is 0.838. The molecule has 2 aliphatic rings. The van der Waals surface area contributed by atoms with Gasteiger partial charge in [0, 0.05) is 35.1 Å². The summed E-state index contributed by atoms with van der Waals surface area (Å²) in [7, 11) is 4.64. The second kappa shape index (κ2) is 12.5. The Labute approximate surface area is 233 Å². The van der Waals surface area contributed by atoms with Crippen LogP contribution in [0.1, 0.15) is 49.7 Å². The maximum absolute atomic E-state index is 13.8. The number of allylic oxidation sites excluding steroid dienone is 3. The van der Waals surface area contributed by atoms with E-state index in [-0.39, 0.29) is 30.5 Å². The van der Waals surface area contributed by atoms with Gasteiger partial charge in [-0.2, -0.15) is 11.8 Å². The third-order valence-corrected chi connectivity index (χ3v) is 7.99. The molecule has 4 rings (SSSR count). The Morgan fingerprint density at radius 1 is 1.00 bits per heavy atom. The van der Waals surface area contributed by atoms with Crippen molar-refractivity contribution in [1.82, 2.24) is 5.32 Å². The zero-order chi connectivity index (χ0) is 28.1. The van der Waals surface area contributed by atoms with Crippen LogP contribution in [0.2, 0.25) is 0 Å². The second-order valence-corrected chi connectivity index (χ2v) is 10.8. The van der Waals surface area contributed by atoms with Gasteiger partial charge < -0.3 is 29.4 Å². The highest BCUT2D eigenvalue weighted by Gasteiger charge is 2.41. The van der Waals surface area contributed by atoms with Gasteiger partial charge in [-0.05, 0) is 60.4 Å². The molecule has 0 aromatic heterocycles. The van der Waals surface area contributed by atoms with Crippen LogP contribution in [0.25, 0.3) is 0 Å². The molecule has 2 aromatic carbocycles. The molecule has 0 unspecified atom stereocenters. The van der Waals surface area contributed by atoms with E-state index in [4.69, 9.17) is 18.9 Å². The number of phenols is 1. The number of carbonyl (C=O) groups excluding carboxylic acids is 2. The highest BCUT2D eigenvalue weighted by molar-refractivity contribution is 7.99. The lowest BCUT2D eigenvalue weighted by Gasteiger charge is -2.37. The number of hydrogen-bond donors (Lipinski definition) is 2. The Morgan fingerprint density at radius 2 is 1.69 bits per heavy atom. The summed E-state index contributed by atoms with van der Waals surface area (Å²) in [4.78, 5) is 27.2. The van der Waals surface area contributed by atoms with Gasteiger partial charge in [0.15, 0.2) is 28.8 Å². The summed E-state index contributed by atoms with van der Waals surface area (Å²) in [6, 6.07) is 10.7. The van der Waals surface area contributed by atoms with E-state index >= 15 is 0 Å². The number of ketones is 1. The lowest BCUT2D eigenvalue weighted by molar-refractivity contribution is -0.138. The van der Waals surface area contributed by atoms with Gasteiger partial charge in [-0.15, -0.1) is 0 Å². The molecule has 0 saturated heterocycles. The molecule has 1 heterocycles. The van der Waals surface area contributed by atoms with E-state index in [1.807, 2.05) is 32.0 Å². The number of nitrogens with one attached hydrogen (secondary N) is 1. The minimum Gasteiger partial charge on any atom is -0.504 e. The number of methoxy groups -OCH3 is 3. The lowest BCUT2D eigenvalue weighted by atomic mass is 9.71. The van der Waals surface area contributed by atoms with Gasteiger partial charge in [0.2, 0.25) is 0 Å². The first-order valence-corrected chi connectivity index (χ1v) is 14.1. The fourth-order valence-corrected chi connectivity index (χ4v) is 5.78. The van der Waals surface area contributed by atoms with Crippen molar-refractivity contribution in [1.29, 1.82) is 0 Å². The van der Waals surface area contributed by atoms with Crippen molar-refractivity contribution >= 4 is 23.5 Å². The van der Waals surface area contributed by atoms with Crippen LogP contribution in [-0.2, 0) is 14.3 Å². The summed E-state index contributed by atoms with van der Waals surface area (Å²) >= 11 is 1.69. The van der Waals surface area contributed by atoms with Gasteiger partial charge in [0.1, 0.15) is 6.61 Å². The van der Waals surface area contributed by atoms with E-state index < -0.39 is 11.9 Å². The fraction of sp³-hybridized carbons (Fsp3) is 0.400. The molecule has 0 radical (unpaired) electrons. The number of rotatable bonds is 10. The van der Waals surface area contributed by atoms with Gasteiger partial charge in [0.05, 0.1) is 26.9 Å². The van der Waals surface area contributed by atoms with Crippen molar-refractivity contribution in [3.8, 4) is 23.0 Å². The number of thioether (sulfide) groups is 1. The number of dihydropyridines is 1. The predicted octanol–water partition coefficient (Wildman–Crippen LogP) is 5.08. The van der Waals surface area contributed by atoms with Gasteiger partial charge in [-0.3, -0.25) is 4.79 Å². The van der Waals surface area contributed by atoms with Crippen molar-refractivity contribution in [2.24, 2.45) is 0 Å². The Balaban J connectivity index is 1.74. The second-order valence-electron chi connectivity index (χ2n) is 9.40. The molecule has 2 N–H and O–H groups in total. The molecular formula is C30H35NO7S. The molecule has 2 aromatic rings. The van der Waals surface area contributed by atoms with Crippen LogP contribution in [0, 0.1) is 0 Å². The third-order valence-electron chi connectivity index (χ3n) is 7.13. The summed E-state index contributed by atoms with van der Waals surface area (Å²) in [5.74, 6) is 1.80. The quantitative estimate of drug-likeness (QED) is 0.308. The smallest absolute Gasteiger partial charge is 0.336 e. The molecular weight excluding hydrogens is 518 g/mol. The molecule has 2 atom stereocenters. The van der Waals surface area contributed by atoms with Crippen LogP contribution in [0.4, 0.5) is 0 Å². The molecule has 0 amide bonds. The monoisotopic (exact) mass is 553 g/mol. The normalized spacial score (nSPS) is 18.8. The Bertz CT molecular complexity index is 1320. The number of ether oxygens (including phenoxy) is 4. The maximum Gasteiger partial charge on any atom is 0.336 e. The molecule has 0 bridgehead atoms. The number of phenolic OH excluding ortho intramolecular Hbond substituents is 1. The highest BCUT2D eigenvalue weighted by atomic mass is 32.2. The molecule has 8 nitrogen and oxygen atoms in total. The van der Waals surface area contributed by atoms with Crippen LogP contribution in [0.5, 0.6) is 23.0 Å². The van der Waals surface area contributed by atoms with Crippen molar-refractivity contribution in [3.05, 3.63) is 70.1 Å². The van der Waals surface area contributed by atoms with E-state index in [0.29, 0.717) is 51.8 Å². The summed E-state index contributed by atoms with van der Waals surface area (Å²) in [5, 5.41) is 13.9. The van der Waals surface area contributed by atoms with Gasteiger partial charge in [-0.1, -0.05) is 19.1 Å². The average molecular weight is 554 g/mol. The van der Waals surface area contributed by atoms with Crippen molar-refractivity contribution in [2.45, 2.75) is 38.5 Å². The molecule has 9 heteroatoms. The summed E-state index contributed by atoms with van der Waals surface area (Å²) in [6.45, 7) is 4.15. The first kappa shape index (κ1) is 28.4. The van der Waals surface area contributed by atoms with Crippen molar-refractivity contribution in [3.63, 3.8) is 0 Å². The minimum absolute atomic E-state index is 0.0631. The Hall–Kier alpha value is -3.59. The lowest BCUT2D eigenvalue weighted by Crippen LogP contribution is -2.36. The molecule has 39 heavy (non-hydrogen) atoms. The molecule has 208 valence electrons. The predicted molar refractivity (Wildman–Crippen MR) is 151 cm³/mol. The Morgan fingerprint density at radius 3 is 2.36 bits per heavy atom. The molecule has 0 saturated carbocycles.